The standard InChI is InChI=1S/C16H15N7/c17-5-6-20-16-21-8-13(14-9-19-10-22-14)15(23-16)12-3-1-11(7-18)2-4-12/h1-4,8-10H,5-6,17H2,(H,19,22)(H,20,21,23). The Labute approximate surface area is 133 Å². The number of hydrogen-bond acceptors (Lipinski definition) is 6. The minimum absolute atomic E-state index is 0.498. The molecule has 0 radical (unpaired) electrons. The number of hydrogen-bond donors (Lipinski definition) is 3. The number of anilines is 1. The van der Waals surface area contributed by atoms with Gasteiger partial charge in [-0.15, -0.1) is 0 Å². The molecule has 2 heterocycles. The van der Waals surface area contributed by atoms with Gasteiger partial charge < -0.3 is 16.0 Å². The van der Waals surface area contributed by atoms with Gasteiger partial charge in [0, 0.05) is 30.4 Å². The Morgan fingerprint density at radius 3 is 2.70 bits per heavy atom. The highest BCUT2D eigenvalue weighted by Crippen LogP contribution is 2.29. The third kappa shape index (κ3) is 3.17. The van der Waals surface area contributed by atoms with E-state index in [-0.39, 0.29) is 0 Å². The van der Waals surface area contributed by atoms with Gasteiger partial charge in [0.15, 0.2) is 0 Å². The van der Waals surface area contributed by atoms with Crippen LogP contribution in [-0.4, -0.2) is 33.0 Å². The van der Waals surface area contributed by atoms with Crippen LogP contribution in [0.1, 0.15) is 5.56 Å². The van der Waals surface area contributed by atoms with E-state index in [4.69, 9.17) is 11.0 Å². The van der Waals surface area contributed by atoms with Crippen molar-refractivity contribution in [3.05, 3.63) is 48.5 Å². The molecule has 0 aliphatic heterocycles. The molecule has 23 heavy (non-hydrogen) atoms. The molecule has 0 fully saturated rings. The Hall–Kier alpha value is -3.24. The number of nitrogens with zero attached hydrogens (tertiary/aromatic N) is 4. The third-order valence-electron chi connectivity index (χ3n) is 3.29. The Balaban J connectivity index is 2.08. The molecule has 3 rings (SSSR count). The summed E-state index contributed by atoms with van der Waals surface area (Å²) < 4.78 is 0. The molecule has 0 spiro atoms. The van der Waals surface area contributed by atoms with Crippen LogP contribution in [0.25, 0.3) is 22.5 Å². The summed E-state index contributed by atoms with van der Waals surface area (Å²) in [5.41, 5.74) is 9.43. The monoisotopic (exact) mass is 305 g/mol. The van der Waals surface area contributed by atoms with E-state index >= 15 is 0 Å². The fraction of sp³-hybridized carbons (Fsp3) is 0.125. The lowest BCUT2D eigenvalue weighted by atomic mass is 10.0. The highest BCUT2D eigenvalue weighted by molar-refractivity contribution is 5.79. The van der Waals surface area contributed by atoms with Gasteiger partial charge in [-0.2, -0.15) is 5.26 Å². The molecule has 0 aliphatic rings. The van der Waals surface area contributed by atoms with E-state index in [9.17, 15) is 0 Å². The molecule has 0 saturated carbocycles. The van der Waals surface area contributed by atoms with Gasteiger partial charge in [-0.1, -0.05) is 12.1 Å². The van der Waals surface area contributed by atoms with E-state index < -0.39 is 0 Å². The minimum Gasteiger partial charge on any atom is -0.353 e. The molecule has 0 unspecified atom stereocenters. The average Bonchev–Trinajstić information content (AvgIpc) is 3.14. The van der Waals surface area contributed by atoms with E-state index in [1.165, 1.54) is 0 Å². The van der Waals surface area contributed by atoms with Gasteiger partial charge in [0.25, 0.3) is 0 Å². The second-order valence-electron chi connectivity index (χ2n) is 4.83. The lowest BCUT2D eigenvalue weighted by Crippen LogP contribution is -2.15. The Morgan fingerprint density at radius 2 is 2.04 bits per heavy atom. The quantitative estimate of drug-likeness (QED) is 0.661. The molecule has 3 aromatic rings. The summed E-state index contributed by atoms with van der Waals surface area (Å²) in [6.07, 6.45) is 5.07. The first-order valence-corrected chi connectivity index (χ1v) is 7.12. The van der Waals surface area contributed by atoms with Crippen LogP contribution >= 0.6 is 0 Å². The van der Waals surface area contributed by atoms with Crippen LogP contribution in [-0.2, 0) is 0 Å². The van der Waals surface area contributed by atoms with Crippen LogP contribution in [0.4, 0.5) is 5.95 Å². The first-order chi connectivity index (χ1) is 11.3. The molecule has 7 heteroatoms. The van der Waals surface area contributed by atoms with E-state index in [1.807, 2.05) is 12.1 Å². The van der Waals surface area contributed by atoms with Gasteiger partial charge in [-0.05, 0) is 12.1 Å². The lowest BCUT2D eigenvalue weighted by molar-refractivity contribution is 0.990. The Morgan fingerprint density at radius 1 is 1.22 bits per heavy atom. The maximum Gasteiger partial charge on any atom is 0.223 e. The summed E-state index contributed by atoms with van der Waals surface area (Å²) in [6.45, 7) is 1.09. The largest absolute Gasteiger partial charge is 0.353 e. The number of nitriles is 1. The summed E-state index contributed by atoms with van der Waals surface area (Å²) in [5.74, 6) is 0.512. The molecule has 1 aromatic carbocycles. The smallest absolute Gasteiger partial charge is 0.223 e. The molecule has 7 nitrogen and oxygen atoms in total. The van der Waals surface area contributed by atoms with Crippen molar-refractivity contribution in [3.8, 4) is 28.6 Å². The number of aromatic amines is 1. The van der Waals surface area contributed by atoms with Crippen LogP contribution in [0, 0.1) is 11.3 Å². The molecule has 0 aliphatic carbocycles. The third-order valence-corrected chi connectivity index (χ3v) is 3.29. The normalized spacial score (nSPS) is 10.3. The number of nitrogens with one attached hydrogen (secondary N) is 2. The predicted molar refractivity (Wildman–Crippen MR) is 87.3 cm³/mol. The van der Waals surface area contributed by atoms with Crippen molar-refractivity contribution in [1.82, 2.24) is 19.9 Å². The fourth-order valence-corrected chi connectivity index (χ4v) is 2.17. The maximum absolute atomic E-state index is 8.93. The van der Waals surface area contributed by atoms with Crippen molar-refractivity contribution >= 4 is 5.95 Å². The summed E-state index contributed by atoms with van der Waals surface area (Å²) >= 11 is 0. The van der Waals surface area contributed by atoms with Gasteiger partial charge in [-0.3, -0.25) is 0 Å². The van der Waals surface area contributed by atoms with Gasteiger partial charge in [-0.25, -0.2) is 15.0 Å². The molecule has 114 valence electrons. The van der Waals surface area contributed by atoms with Crippen LogP contribution in [0.3, 0.4) is 0 Å². The topological polar surface area (TPSA) is 116 Å². The van der Waals surface area contributed by atoms with Crippen molar-refractivity contribution in [2.75, 3.05) is 18.4 Å². The molecular formula is C16H15N7. The van der Waals surface area contributed by atoms with Gasteiger partial charge >= 0.3 is 0 Å². The second-order valence-corrected chi connectivity index (χ2v) is 4.83. The number of H-pyrrole nitrogens is 1. The van der Waals surface area contributed by atoms with E-state index in [2.05, 4.69) is 31.3 Å². The van der Waals surface area contributed by atoms with Crippen molar-refractivity contribution in [1.29, 1.82) is 5.26 Å². The van der Waals surface area contributed by atoms with Crippen molar-refractivity contribution in [2.45, 2.75) is 0 Å². The van der Waals surface area contributed by atoms with Gasteiger partial charge in [0.2, 0.25) is 5.95 Å². The Bertz CT molecular complexity index is 817. The van der Waals surface area contributed by atoms with Crippen LogP contribution in [0.5, 0.6) is 0 Å². The molecular weight excluding hydrogens is 290 g/mol. The highest BCUT2D eigenvalue weighted by Gasteiger charge is 2.12. The zero-order valence-corrected chi connectivity index (χ0v) is 12.3. The average molecular weight is 305 g/mol. The van der Waals surface area contributed by atoms with Crippen LogP contribution in [0.15, 0.2) is 43.0 Å². The molecule has 2 aromatic heterocycles. The lowest BCUT2D eigenvalue weighted by Gasteiger charge is -2.10. The second kappa shape index (κ2) is 6.68. The van der Waals surface area contributed by atoms with Gasteiger partial charge in [0.05, 0.1) is 35.5 Å². The van der Waals surface area contributed by atoms with E-state index in [1.54, 1.807) is 30.9 Å². The molecule has 0 saturated heterocycles. The molecule has 0 bridgehead atoms. The Kier molecular flexibility index (Phi) is 4.27. The molecule has 0 amide bonds. The summed E-state index contributed by atoms with van der Waals surface area (Å²) in [6, 6.07) is 9.38. The van der Waals surface area contributed by atoms with E-state index in [0.717, 1.165) is 22.5 Å². The van der Waals surface area contributed by atoms with Crippen molar-refractivity contribution in [3.63, 3.8) is 0 Å². The first-order valence-electron chi connectivity index (χ1n) is 7.12. The van der Waals surface area contributed by atoms with E-state index in [0.29, 0.717) is 24.6 Å². The summed E-state index contributed by atoms with van der Waals surface area (Å²) in [5, 5.41) is 12.0. The number of benzene rings is 1. The van der Waals surface area contributed by atoms with Crippen molar-refractivity contribution < 1.29 is 0 Å². The van der Waals surface area contributed by atoms with Crippen LogP contribution < -0.4 is 11.1 Å². The fourth-order valence-electron chi connectivity index (χ4n) is 2.17. The number of aromatic nitrogens is 4. The highest BCUT2D eigenvalue weighted by atomic mass is 15.1. The number of rotatable bonds is 5. The molecule has 0 atom stereocenters. The molecule has 4 N–H and O–H groups in total. The zero-order valence-electron chi connectivity index (χ0n) is 12.3. The summed E-state index contributed by atoms with van der Waals surface area (Å²) in [4.78, 5) is 16.0. The van der Waals surface area contributed by atoms with Crippen molar-refractivity contribution in [2.24, 2.45) is 5.73 Å². The number of nitrogens with two attached hydrogens (primary N) is 1. The predicted octanol–water partition coefficient (Wildman–Crippen LogP) is 1.78. The zero-order chi connectivity index (χ0) is 16.1. The first kappa shape index (κ1) is 14.7. The SMILES string of the molecule is N#Cc1ccc(-c2nc(NCCN)ncc2-c2cnc[nH]2)cc1. The maximum atomic E-state index is 8.93. The van der Waals surface area contributed by atoms with Gasteiger partial charge in [0.1, 0.15) is 0 Å². The summed E-state index contributed by atoms with van der Waals surface area (Å²) in [7, 11) is 0. The number of imidazole rings is 1. The minimum atomic E-state index is 0.498. The van der Waals surface area contributed by atoms with Crippen LogP contribution in [0.2, 0.25) is 0 Å².